The van der Waals surface area contributed by atoms with Crippen molar-refractivity contribution in [3.8, 4) is 5.75 Å². The Morgan fingerprint density at radius 3 is 2.18 bits per heavy atom. The van der Waals surface area contributed by atoms with Gasteiger partial charge in [-0.2, -0.15) is 0 Å². The molecular weight excluding hydrogens is 530 g/mol. The third-order valence-corrected chi connectivity index (χ3v) is 7.57. The summed E-state index contributed by atoms with van der Waals surface area (Å²) in [5, 5.41) is 18.6. The van der Waals surface area contributed by atoms with Gasteiger partial charge in [0.25, 0.3) is 0 Å². The van der Waals surface area contributed by atoms with Crippen molar-refractivity contribution in [2.24, 2.45) is 20.5 Å². The number of azo groups is 2. The maximum atomic E-state index is 11.0. The van der Waals surface area contributed by atoms with Gasteiger partial charge in [-0.3, -0.25) is 0 Å². The van der Waals surface area contributed by atoms with E-state index in [2.05, 4.69) is 32.0 Å². The molecule has 4 aromatic rings. The summed E-state index contributed by atoms with van der Waals surface area (Å²) in [7, 11) is 0. The van der Waals surface area contributed by atoms with E-state index in [-0.39, 0.29) is 5.97 Å². The van der Waals surface area contributed by atoms with Gasteiger partial charge >= 0.3 is 5.97 Å². The Morgan fingerprint density at radius 2 is 1.46 bits per heavy atom. The summed E-state index contributed by atoms with van der Waals surface area (Å²) < 4.78 is 11.8. The molecule has 0 spiro atoms. The van der Waals surface area contributed by atoms with E-state index < -0.39 is 0 Å². The molecule has 0 amide bonds. The average Bonchev–Trinajstić information content (AvgIpc) is 3.53. The molecular formula is C29H31N5O3S2. The molecule has 8 nitrogen and oxygen atoms in total. The lowest BCUT2D eigenvalue weighted by Gasteiger charge is -2.06. The van der Waals surface area contributed by atoms with Gasteiger partial charge < -0.3 is 9.47 Å². The molecule has 2 heterocycles. The number of thiazole rings is 1. The summed E-state index contributed by atoms with van der Waals surface area (Å²) in [6.07, 6.45) is 8.88. The second-order valence-corrected chi connectivity index (χ2v) is 10.7. The Labute approximate surface area is 236 Å². The van der Waals surface area contributed by atoms with Crippen LogP contribution in [0.1, 0.15) is 44.9 Å². The highest BCUT2D eigenvalue weighted by Gasteiger charge is 2.08. The van der Waals surface area contributed by atoms with Crippen LogP contribution in [0.3, 0.4) is 0 Å². The van der Waals surface area contributed by atoms with Crippen LogP contribution in [-0.2, 0) is 9.53 Å². The number of carbonyl (C=O) groups is 1. The second-order valence-electron chi connectivity index (χ2n) is 8.67. The predicted molar refractivity (Wildman–Crippen MR) is 158 cm³/mol. The van der Waals surface area contributed by atoms with Crippen LogP contribution in [0.25, 0.3) is 9.53 Å². The van der Waals surface area contributed by atoms with Gasteiger partial charge in [0.15, 0.2) is 0 Å². The zero-order valence-corrected chi connectivity index (χ0v) is 23.3. The van der Waals surface area contributed by atoms with E-state index in [0.29, 0.717) is 18.3 Å². The monoisotopic (exact) mass is 561 g/mol. The predicted octanol–water partition coefficient (Wildman–Crippen LogP) is 10.0. The average molecular weight is 562 g/mol. The number of rotatable bonds is 16. The van der Waals surface area contributed by atoms with E-state index >= 15 is 0 Å². The maximum Gasteiger partial charge on any atom is 0.330 e. The number of aromatic nitrogens is 1. The van der Waals surface area contributed by atoms with Crippen LogP contribution >= 0.6 is 22.7 Å². The topological polar surface area (TPSA) is 97.9 Å². The number of unbranched alkanes of at least 4 members (excludes halogenated alkanes) is 6. The van der Waals surface area contributed by atoms with E-state index in [4.69, 9.17) is 9.47 Å². The van der Waals surface area contributed by atoms with Crippen LogP contribution in [0.4, 0.5) is 21.5 Å². The van der Waals surface area contributed by atoms with Gasteiger partial charge in [0, 0.05) is 6.08 Å². The van der Waals surface area contributed by atoms with E-state index in [0.717, 1.165) is 63.8 Å². The molecule has 0 atom stereocenters. The van der Waals surface area contributed by atoms with Crippen molar-refractivity contribution in [2.45, 2.75) is 44.9 Å². The number of esters is 1. The van der Waals surface area contributed by atoms with Crippen molar-refractivity contribution < 1.29 is 14.3 Å². The van der Waals surface area contributed by atoms with Crippen molar-refractivity contribution >= 4 is 59.7 Å². The Balaban J connectivity index is 1.11. The number of hydrogen-bond acceptors (Lipinski definition) is 10. The van der Waals surface area contributed by atoms with Crippen LogP contribution in [0, 0.1) is 0 Å². The summed E-state index contributed by atoms with van der Waals surface area (Å²) in [5.41, 5.74) is 1.57. The first kappa shape index (κ1) is 28.3. The maximum absolute atomic E-state index is 11.0. The van der Waals surface area contributed by atoms with E-state index in [1.54, 1.807) is 0 Å². The van der Waals surface area contributed by atoms with Crippen molar-refractivity contribution in [1.29, 1.82) is 0 Å². The molecule has 39 heavy (non-hydrogen) atoms. The molecule has 202 valence electrons. The first-order chi connectivity index (χ1) is 19.2. The molecule has 0 saturated carbocycles. The first-order valence-electron chi connectivity index (χ1n) is 13.0. The molecule has 0 aliphatic heterocycles. The van der Waals surface area contributed by atoms with Crippen LogP contribution in [-0.4, -0.2) is 24.2 Å². The molecule has 0 aliphatic rings. The fraction of sp³-hybridized carbons (Fsp3) is 0.310. The smallest absolute Gasteiger partial charge is 0.330 e. The van der Waals surface area contributed by atoms with Gasteiger partial charge in [-0.15, -0.1) is 20.5 Å². The molecule has 0 radical (unpaired) electrons. The number of nitrogens with zero attached hydrogens (tertiary/aromatic N) is 5. The number of thiophene rings is 1. The second kappa shape index (κ2) is 15.6. The van der Waals surface area contributed by atoms with E-state index in [1.807, 2.05) is 60.7 Å². The van der Waals surface area contributed by atoms with Crippen LogP contribution < -0.4 is 4.74 Å². The summed E-state index contributed by atoms with van der Waals surface area (Å²) in [6.45, 7) is 4.56. The highest BCUT2D eigenvalue weighted by atomic mass is 32.1. The third-order valence-electron chi connectivity index (χ3n) is 5.64. The lowest BCUT2D eigenvalue weighted by atomic mass is 10.1. The number of fused-ring (bicyclic) bond motifs is 1. The molecule has 0 aliphatic carbocycles. The van der Waals surface area contributed by atoms with Gasteiger partial charge in [0.1, 0.15) is 15.6 Å². The standard InChI is InChI=1S/C29H31N5O3S2/c1-2-27(35)37-20-12-7-5-3-4-6-11-19-36-24-17-15-23(16-18-24)31-33-26-21-25-28(39-26)30-29(38-25)34-32-22-13-9-8-10-14-22/h2,8-10,13-18,21H,1,3-7,11-12,19-20H2. The first-order valence-corrected chi connectivity index (χ1v) is 14.6. The lowest BCUT2D eigenvalue weighted by molar-refractivity contribution is -0.137. The van der Waals surface area contributed by atoms with E-state index in [9.17, 15) is 4.79 Å². The molecule has 0 bridgehead atoms. The molecule has 4 rings (SSSR count). The summed E-state index contributed by atoms with van der Waals surface area (Å²) >= 11 is 2.96. The zero-order chi connectivity index (χ0) is 27.1. The Hall–Kier alpha value is -3.76. The molecule has 0 unspecified atom stereocenters. The van der Waals surface area contributed by atoms with Crippen molar-refractivity contribution in [3.05, 3.63) is 73.3 Å². The highest BCUT2D eigenvalue weighted by Crippen LogP contribution is 2.39. The highest BCUT2D eigenvalue weighted by molar-refractivity contribution is 7.30. The molecule has 0 saturated heterocycles. The SMILES string of the molecule is C=CC(=O)OCCCCCCCCCOc1ccc(N=Nc2cc3sc(N=Nc4ccccc4)nc3s2)cc1. The lowest BCUT2D eigenvalue weighted by Crippen LogP contribution is -2.01. The fourth-order valence-electron chi connectivity index (χ4n) is 3.62. The Bertz CT molecular complexity index is 1350. The number of carbonyl (C=O) groups excluding carboxylic acids is 1. The van der Waals surface area contributed by atoms with Gasteiger partial charge in [-0.1, -0.05) is 79.6 Å². The molecule has 2 aromatic carbocycles. The summed E-state index contributed by atoms with van der Waals surface area (Å²) in [4.78, 5) is 16.4. The largest absolute Gasteiger partial charge is 0.494 e. The summed E-state index contributed by atoms with van der Waals surface area (Å²) in [6, 6.07) is 19.2. The van der Waals surface area contributed by atoms with Crippen molar-refractivity contribution in [2.75, 3.05) is 13.2 Å². The molecule has 0 N–H and O–H groups in total. The molecule has 2 aromatic heterocycles. The number of benzene rings is 2. The van der Waals surface area contributed by atoms with Crippen LogP contribution in [0.15, 0.2) is 93.8 Å². The number of ether oxygens (including phenoxy) is 2. The van der Waals surface area contributed by atoms with Gasteiger partial charge in [-0.25, -0.2) is 9.78 Å². The minimum absolute atomic E-state index is 0.344. The van der Waals surface area contributed by atoms with E-state index in [1.165, 1.54) is 41.6 Å². The van der Waals surface area contributed by atoms with Gasteiger partial charge in [-0.05, 0) is 55.3 Å². The van der Waals surface area contributed by atoms with Crippen LogP contribution in [0.2, 0.25) is 0 Å². The Kier molecular flexibility index (Phi) is 11.3. The van der Waals surface area contributed by atoms with Gasteiger partial charge in [0.05, 0.1) is 29.3 Å². The minimum Gasteiger partial charge on any atom is -0.494 e. The quantitative estimate of drug-likeness (QED) is 0.0588. The normalized spacial score (nSPS) is 11.5. The molecule has 10 heteroatoms. The third kappa shape index (κ3) is 9.81. The Morgan fingerprint density at radius 1 is 0.795 bits per heavy atom. The minimum atomic E-state index is -0.344. The fourth-order valence-corrected chi connectivity index (χ4v) is 5.47. The van der Waals surface area contributed by atoms with Gasteiger partial charge in [0.2, 0.25) is 5.13 Å². The van der Waals surface area contributed by atoms with Crippen molar-refractivity contribution in [3.63, 3.8) is 0 Å². The summed E-state index contributed by atoms with van der Waals surface area (Å²) in [5.74, 6) is 0.490. The van der Waals surface area contributed by atoms with Crippen LogP contribution in [0.5, 0.6) is 5.75 Å². The number of hydrogen-bond donors (Lipinski definition) is 0. The molecule has 0 fully saturated rings. The zero-order valence-electron chi connectivity index (χ0n) is 21.7. The van der Waals surface area contributed by atoms with Crippen molar-refractivity contribution in [1.82, 2.24) is 4.98 Å².